The highest BCUT2D eigenvalue weighted by Crippen LogP contribution is 2.18. The highest BCUT2D eigenvalue weighted by molar-refractivity contribution is 9.10. The van der Waals surface area contributed by atoms with Crippen LogP contribution in [0.1, 0.15) is 30.5 Å². The molecule has 0 saturated heterocycles. The molecule has 0 bridgehead atoms. The van der Waals surface area contributed by atoms with Crippen LogP contribution in [0.4, 0.5) is 5.69 Å². The van der Waals surface area contributed by atoms with Crippen LogP contribution >= 0.6 is 15.9 Å². The average molecular weight is 402 g/mol. The zero-order valence-electron chi connectivity index (χ0n) is 14.2. The van der Waals surface area contributed by atoms with E-state index in [9.17, 15) is 4.79 Å². The van der Waals surface area contributed by atoms with Gasteiger partial charge in [-0.25, -0.2) is 0 Å². The molecule has 2 aromatic heterocycles. The van der Waals surface area contributed by atoms with Crippen LogP contribution in [-0.2, 0) is 11.3 Å². The lowest BCUT2D eigenvalue weighted by Crippen LogP contribution is -2.25. The fraction of sp³-hybridized carbons (Fsp3) is 0.278. The Balaban J connectivity index is 1.68. The summed E-state index contributed by atoms with van der Waals surface area (Å²) < 4.78 is 4.34. The maximum absolute atomic E-state index is 12.6. The van der Waals surface area contributed by atoms with Crippen molar-refractivity contribution in [1.82, 2.24) is 19.6 Å². The summed E-state index contributed by atoms with van der Waals surface area (Å²) >= 11 is 3.36. The number of nitrogens with one attached hydrogen (secondary N) is 1. The maximum atomic E-state index is 12.6. The Morgan fingerprint density at radius 2 is 2.04 bits per heavy atom. The van der Waals surface area contributed by atoms with E-state index in [0.717, 1.165) is 4.47 Å². The summed E-state index contributed by atoms with van der Waals surface area (Å²) in [6.45, 7) is 4.71. The van der Waals surface area contributed by atoms with Gasteiger partial charge in [0.05, 0.1) is 29.1 Å². The summed E-state index contributed by atoms with van der Waals surface area (Å²) in [6.07, 6.45) is 7.64. The molecule has 0 fully saturated rings. The van der Waals surface area contributed by atoms with E-state index in [-0.39, 0.29) is 11.9 Å². The number of carbonyl (C=O) groups is 1. The van der Waals surface area contributed by atoms with Crippen molar-refractivity contribution >= 4 is 27.5 Å². The Labute approximate surface area is 155 Å². The summed E-state index contributed by atoms with van der Waals surface area (Å²) in [4.78, 5) is 12.6. The molecule has 0 spiro atoms. The number of anilines is 1. The first-order chi connectivity index (χ1) is 12.1. The van der Waals surface area contributed by atoms with Crippen molar-refractivity contribution in [3.8, 4) is 0 Å². The van der Waals surface area contributed by atoms with Gasteiger partial charge in [-0.2, -0.15) is 10.2 Å². The van der Waals surface area contributed by atoms with E-state index in [1.807, 2.05) is 29.9 Å². The number of nitrogens with zero attached hydrogens (tertiary/aromatic N) is 4. The third-order valence-corrected chi connectivity index (χ3v) is 4.48. The van der Waals surface area contributed by atoms with Crippen LogP contribution in [0.3, 0.4) is 0 Å². The summed E-state index contributed by atoms with van der Waals surface area (Å²) in [6, 6.07) is 7.84. The smallest absolute Gasteiger partial charge is 0.249 e. The Morgan fingerprint density at radius 1 is 1.24 bits per heavy atom. The molecule has 0 aliphatic rings. The van der Waals surface area contributed by atoms with E-state index in [1.54, 1.807) is 23.3 Å². The molecule has 1 atom stereocenters. The molecule has 1 unspecified atom stereocenters. The van der Waals surface area contributed by atoms with Crippen molar-refractivity contribution in [2.24, 2.45) is 0 Å². The minimum Gasteiger partial charge on any atom is -0.322 e. The SMILES string of the molecule is CCC(C(=O)Nc1cnn(Cc2ccccc2C)c1)n1cc(Br)cn1. The fourth-order valence-electron chi connectivity index (χ4n) is 2.68. The van der Waals surface area contributed by atoms with Crippen LogP contribution in [-0.4, -0.2) is 25.5 Å². The normalized spacial score (nSPS) is 12.1. The standard InChI is InChI=1S/C18H20BrN5O/c1-3-17(24-11-15(19)8-21-24)18(25)22-16-9-20-23(12-16)10-14-7-5-4-6-13(14)2/h4-9,11-12,17H,3,10H2,1-2H3,(H,22,25). The molecule has 0 saturated carbocycles. The summed E-state index contributed by atoms with van der Waals surface area (Å²) in [5.41, 5.74) is 3.11. The van der Waals surface area contributed by atoms with Crippen LogP contribution in [0.15, 0.2) is 53.5 Å². The number of halogens is 1. The molecule has 25 heavy (non-hydrogen) atoms. The van der Waals surface area contributed by atoms with Gasteiger partial charge in [-0.3, -0.25) is 14.2 Å². The molecular weight excluding hydrogens is 382 g/mol. The monoisotopic (exact) mass is 401 g/mol. The van der Waals surface area contributed by atoms with Crippen LogP contribution < -0.4 is 5.32 Å². The van der Waals surface area contributed by atoms with Crippen molar-refractivity contribution in [3.63, 3.8) is 0 Å². The van der Waals surface area contributed by atoms with E-state index >= 15 is 0 Å². The molecule has 1 amide bonds. The second-order valence-corrected chi connectivity index (χ2v) is 6.82. The average Bonchev–Trinajstić information content (AvgIpc) is 3.20. The van der Waals surface area contributed by atoms with Gasteiger partial charge >= 0.3 is 0 Å². The second-order valence-electron chi connectivity index (χ2n) is 5.90. The minimum absolute atomic E-state index is 0.103. The quantitative estimate of drug-likeness (QED) is 0.683. The Bertz CT molecular complexity index is 870. The van der Waals surface area contributed by atoms with E-state index in [2.05, 4.69) is 50.5 Å². The van der Waals surface area contributed by atoms with Crippen molar-refractivity contribution in [1.29, 1.82) is 0 Å². The lowest BCUT2D eigenvalue weighted by Gasteiger charge is -2.14. The Morgan fingerprint density at radius 3 is 2.72 bits per heavy atom. The molecule has 2 heterocycles. The van der Waals surface area contributed by atoms with Crippen molar-refractivity contribution < 1.29 is 4.79 Å². The van der Waals surface area contributed by atoms with Gasteiger partial charge in [0, 0.05) is 12.4 Å². The van der Waals surface area contributed by atoms with E-state index in [4.69, 9.17) is 0 Å². The van der Waals surface area contributed by atoms with Crippen molar-refractivity contribution in [2.45, 2.75) is 32.9 Å². The molecule has 0 aliphatic carbocycles. The molecule has 1 aromatic carbocycles. The maximum Gasteiger partial charge on any atom is 0.249 e. The number of aryl methyl sites for hydroxylation is 1. The minimum atomic E-state index is -0.356. The van der Waals surface area contributed by atoms with Gasteiger partial charge in [0.15, 0.2) is 0 Å². The van der Waals surface area contributed by atoms with Gasteiger partial charge in [-0.15, -0.1) is 0 Å². The van der Waals surface area contributed by atoms with E-state index < -0.39 is 0 Å². The molecule has 3 rings (SSSR count). The number of rotatable bonds is 6. The summed E-state index contributed by atoms with van der Waals surface area (Å²) in [5, 5.41) is 11.5. The third-order valence-electron chi connectivity index (χ3n) is 4.07. The number of carbonyl (C=O) groups excluding carboxylic acids is 1. The number of hydrogen-bond donors (Lipinski definition) is 1. The van der Waals surface area contributed by atoms with Crippen LogP contribution in [0.5, 0.6) is 0 Å². The highest BCUT2D eigenvalue weighted by atomic mass is 79.9. The van der Waals surface area contributed by atoms with Crippen molar-refractivity contribution in [2.75, 3.05) is 5.32 Å². The first-order valence-electron chi connectivity index (χ1n) is 8.14. The summed E-state index contributed by atoms with van der Waals surface area (Å²) in [5.74, 6) is -0.103. The third kappa shape index (κ3) is 4.17. The number of benzene rings is 1. The topological polar surface area (TPSA) is 64.7 Å². The zero-order chi connectivity index (χ0) is 17.8. The lowest BCUT2D eigenvalue weighted by molar-refractivity contribution is -0.119. The number of aromatic nitrogens is 4. The van der Waals surface area contributed by atoms with E-state index in [1.165, 1.54) is 11.1 Å². The molecule has 7 heteroatoms. The fourth-order valence-corrected chi connectivity index (χ4v) is 2.98. The van der Waals surface area contributed by atoms with Gasteiger partial charge < -0.3 is 5.32 Å². The molecule has 130 valence electrons. The molecule has 3 aromatic rings. The largest absolute Gasteiger partial charge is 0.322 e. The highest BCUT2D eigenvalue weighted by Gasteiger charge is 2.20. The van der Waals surface area contributed by atoms with Crippen LogP contribution in [0, 0.1) is 6.92 Å². The molecule has 0 radical (unpaired) electrons. The predicted molar refractivity (Wildman–Crippen MR) is 100 cm³/mol. The predicted octanol–water partition coefficient (Wildman–Crippen LogP) is 3.79. The van der Waals surface area contributed by atoms with Gasteiger partial charge in [-0.1, -0.05) is 31.2 Å². The Hall–Kier alpha value is -2.41. The Kier molecular flexibility index (Phi) is 5.33. The van der Waals surface area contributed by atoms with Gasteiger partial charge in [0.25, 0.3) is 0 Å². The number of hydrogen-bond acceptors (Lipinski definition) is 3. The molecule has 1 N–H and O–H groups in total. The molecular formula is C18H20BrN5O. The van der Waals surface area contributed by atoms with Gasteiger partial charge in [-0.05, 0) is 40.4 Å². The first-order valence-corrected chi connectivity index (χ1v) is 8.93. The molecule has 0 aliphatic heterocycles. The lowest BCUT2D eigenvalue weighted by atomic mass is 10.1. The van der Waals surface area contributed by atoms with Crippen molar-refractivity contribution in [3.05, 3.63) is 64.7 Å². The number of amides is 1. The van der Waals surface area contributed by atoms with Gasteiger partial charge in [0.2, 0.25) is 5.91 Å². The van der Waals surface area contributed by atoms with Crippen LogP contribution in [0.2, 0.25) is 0 Å². The second kappa shape index (κ2) is 7.65. The molecule has 6 nitrogen and oxygen atoms in total. The van der Waals surface area contributed by atoms with Crippen LogP contribution in [0.25, 0.3) is 0 Å². The van der Waals surface area contributed by atoms with E-state index in [0.29, 0.717) is 18.7 Å². The zero-order valence-corrected chi connectivity index (χ0v) is 15.8. The summed E-state index contributed by atoms with van der Waals surface area (Å²) in [7, 11) is 0. The first kappa shape index (κ1) is 17.4. The van der Waals surface area contributed by atoms with Gasteiger partial charge in [0.1, 0.15) is 6.04 Å².